The van der Waals surface area contributed by atoms with Gasteiger partial charge in [-0.3, -0.25) is 4.79 Å². The predicted octanol–water partition coefficient (Wildman–Crippen LogP) is 2.00. The molecule has 0 spiro atoms. The molecule has 100 valence electrons. The van der Waals surface area contributed by atoms with Crippen LogP contribution in [-0.4, -0.2) is 38.0 Å². The molecule has 18 heavy (non-hydrogen) atoms. The van der Waals surface area contributed by atoms with E-state index >= 15 is 0 Å². The first-order valence-corrected chi connectivity index (χ1v) is 5.44. The van der Waals surface area contributed by atoms with Crippen molar-refractivity contribution in [1.82, 2.24) is 10.2 Å². The Morgan fingerprint density at radius 3 is 2.50 bits per heavy atom. The number of hydrogen-bond donors (Lipinski definition) is 1. The van der Waals surface area contributed by atoms with Crippen LogP contribution in [0.4, 0.5) is 13.2 Å². The molecule has 1 N–H and O–H groups in total. The monoisotopic (exact) mass is 260 g/mol. The zero-order valence-electron chi connectivity index (χ0n) is 10.2. The van der Waals surface area contributed by atoms with E-state index in [-0.39, 0.29) is 5.56 Å². The van der Waals surface area contributed by atoms with Crippen LogP contribution in [0, 0.1) is 0 Å². The Kier molecular flexibility index (Phi) is 4.72. The molecule has 0 heterocycles. The van der Waals surface area contributed by atoms with E-state index in [0.29, 0.717) is 13.1 Å². The topological polar surface area (TPSA) is 32.3 Å². The third kappa shape index (κ3) is 3.46. The number of carbonyl (C=O) groups is 1. The van der Waals surface area contributed by atoms with Gasteiger partial charge in [-0.15, -0.1) is 0 Å². The summed E-state index contributed by atoms with van der Waals surface area (Å²) in [5.74, 6) is -0.627. The van der Waals surface area contributed by atoms with Crippen LogP contribution in [0.3, 0.4) is 0 Å². The molecule has 0 aliphatic heterocycles. The van der Waals surface area contributed by atoms with Gasteiger partial charge in [0, 0.05) is 20.1 Å². The van der Waals surface area contributed by atoms with Gasteiger partial charge in [0.05, 0.1) is 11.1 Å². The number of carbonyl (C=O) groups excluding carboxylic acids is 1. The van der Waals surface area contributed by atoms with Gasteiger partial charge < -0.3 is 10.2 Å². The van der Waals surface area contributed by atoms with Crippen LogP contribution in [0.1, 0.15) is 15.9 Å². The first-order chi connectivity index (χ1) is 8.38. The summed E-state index contributed by atoms with van der Waals surface area (Å²) in [6, 6.07) is 4.81. The Hall–Kier alpha value is -1.56. The number of halogens is 3. The largest absolute Gasteiger partial charge is 0.417 e. The lowest BCUT2D eigenvalue weighted by Crippen LogP contribution is -2.33. The van der Waals surface area contributed by atoms with Crippen molar-refractivity contribution in [3.63, 3.8) is 0 Å². The van der Waals surface area contributed by atoms with E-state index in [2.05, 4.69) is 5.32 Å². The molecule has 1 aromatic rings. The van der Waals surface area contributed by atoms with Crippen LogP contribution in [0.5, 0.6) is 0 Å². The first-order valence-electron chi connectivity index (χ1n) is 5.44. The van der Waals surface area contributed by atoms with Gasteiger partial charge in [-0.25, -0.2) is 0 Å². The molecule has 0 fully saturated rings. The Balaban J connectivity index is 2.99. The standard InChI is InChI=1S/C12H15F3N2O/c1-16-7-8-17(2)11(18)9-5-3-4-6-10(9)12(13,14)15/h3-6,16H,7-8H2,1-2H3. The van der Waals surface area contributed by atoms with E-state index < -0.39 is 17.6 Å². The number of nitrogens with zero attached hydrogens (tertiary/aromatic N) is 1. The van der Waals surface area contributed by atoms with Crippen LogP contribution in [0.15, 0.2) is 24.3 Å². The Morgan fingerprint density at radius 2 is 1.94 bits per heavy atom. The third-order valence-corrected chi connectivity index (χ3v) is 2.51. The van der Waals surface area contributed by atoms with Gasteiger partial charge in [0.1, 0.15) is 0 Å². The maximum atomic E-state index is 12.7. The molecule has 1 aromatic carbocycles. The normalized spacial score (nSPS) is 11.4. The first kappa shape index (κ1) is 14.5. The molecule has 0 saturated heterocycles. The van der Waals surface area contributed by atoms with Crippen molar-refractivity contribution < 1.29 is 18.0 Å². The van der Waals surface area contributed by atoms with Gasteiger partial charge in [-0.2, -0.15) is 13.2 Å². The molecule has 1 rings (SSSR count). The maximum Gasteiger partial charge on any atom is 0.417 e. The molecule has 3 nitrogen and oxygen atoms in total. The predicted molar refractivity (Wildman–Crippen MR) is 62.3 cm³/mol. The summed E-state index contributed by atoms with van der Waals surface area (Å²) in [6.07, 6.45) is -4.52. The van der Waals surface area contributed by atoms with Crippen LogP contribution in [0.2, 0.25) is 0 Å². The molecule has 0 aromatic heterocycles. The smallest absolute Gasteiger partial charge is 0.340 e. The second kappa shape index (κ2) is 5.86. The number of benzene rings is 1. The molecular weight excluding hydrogens is 245 g/mol. The van der Waals surface area contributed by atoms with E-state index in [9.17, 15) is 18.0 Å². The van der Waals surface area contributed by atoms with Gasteiger partial charge in [-0.05, 0) is 19.2 Å². The summed E-state index contributed by atoms with van der Waals surface area (Å²) in [5, 5.41) is 2.83. The quantitative estimate of drug-likeness (QED) is 0.898. The fraction of sp³-hybridized carbons (Fsp3) is 0.417. The number of rotatable bonds is 4. The van der Waals surface area contributed by atoms with Crippen molar-refractivity contribution in [3.8, 4) is 0 Å². The van der Waals surface area contributed by atoms with Crippen LogP contribution < -0.4 is 5.32 Å². The molecule has 0 radical (unpaired) electrons. The lowest BCUT2D eigenvalue weighted by Gasteiger charge is -2.19. The van der Waals surface area contributed by atoms with Gasteiger partial charge in [0.15, 0.2) is 0 Å². The second-order valence-electron chi connectivity index (χ2n) is 3.87. The minimum atomic E-state index is -4.52. The Bertz CT molecular complexity index is 418. The fourth-order valence-corrected chi connectivity index (χ4v) is 1.50. The molecule has 1 amide bonds. The highest BCUT2D eigenvalue weighted by Gasteiger charge is 2.35. The molecule has 6 heteroatoms. The number of alkyl halides is 3. The minimum absolute atomic E-state index is 0.316. The molecule has 0 aliphatic carbocycles. The van der Waals surface area contributed by atoms with Gasteiger partial charge in [0.2, 0.25) is 0 Å². The molecular formula is C12H15F3N2O. The lowest BCUT2D eigenvalue weighted by molar-refractivity contribution is -0.138. The van der Waals surface area contributed by atoms with E-state index in [1.165, 1.54) is 30.1 Å². The Morgan fingerprint density at radius 1 is 1.33 bits per heavy atom. The van der Waals surface area contributed by atoms with Crippen LogP contribution in [0.25, 0.3) is 0 Å². The average molecular weight is 260 g/mol. The summed E-state index contributed by atoms with van der Waals surface area (Å²) in [7, 11) is 3.19. The van der Waals surface area contributed by atoms with E-state index in [1.54, 1.807) is 7.05 Å². The summed E-state index contributed by atoms with van der Waals surface area (Å²) >= 11 is 0. The molecule has 0 saturated carbocycles. The number of nitrogens with one attached hydrogen (secondary N) is 1. The molecule has 0 aliphatic rings. The molecule has 0 atom stereocenters. The van der Waals surface area contributed by atoms with E-state index in [0.717, 1.165) is 6.07 Å². The van der Waals surface area contributed by atoms with Crippen molar-refractivity contribution >= 4 is 5.91 Å². The summed E-state index contributed by atoms with van der Waals surface area (Å²) in [5.41, 5.74) is -1.21. The van der Waals surface area contributed by atoms with Crippen molar-refractivity contribution in [3.05, 3.63) is 35.4 Å². The Labute approximate surface area is 104 Å². The third-order valence-electron chi connectivity index (χ3n) is 2.51. The van der Waals surface area contributed by atoms with Crippen LogP contribution >= 0.6 is 0 Å². The van der Waals surface area contributed by atoms with Gasteiger partial charge in [0.25, 0.3) is 5.91 Å². The minimum Gasteiger partial charge on any atom is -0.340 e. The number of likely N-dealkylation sites (N-methyl/N-ethyl adjacent to an activating group) is 2. The van der Waals surface area contributed by atoms with Crippen molar-refractivity contribution in [2.75, 3.05) is 27.2 Å². The lowest BCUT2D eigenvalue weighted by atomic mass is 10.1. The van der Waals surface area contributed by atoms with E-state index in [1.807, 2.05) is 0 Å². The van der Waals surface area contributed by atoms with Crippen molar-refractivity contribution in [2.24, 2.45) is 0 Å². The zero-order valence-corrected chi connectivity index (χ0v) is 10.2. The van der Waals surface area contributed by atoms with Crippen molar-refractivity contribution in [1.29, 1.82) is 0 Å². The van der Waals surface area contributed by atoms with Crippen molar-refractivity contribution in [2.45, 2.75) is 6.18 Å². The highest BCUT2D eigenvalue weighted by Crippen LogP contribution is 2.32. The zero-order chi connectivity index (χ0) is 13.8. The van der Waals surface area contributed by atoms with Gasteiger partial charge >= 0.3 is 6.18 Å². The number of hydrogen-bond acceptors (Lipinski definition) is 2. The van der Waals surface area contributed by atoms with Gasteiger partial charge in [-0.1, -0.05) is 12.1 Å². The average Bonchev–Trinajstić information content (AvgIpc) is 2.34. The summed E-state index contributed by atoms with van der Waals surface area (Å²) in [4.78, 5) is 13.2. The summed E-state index contributed by atoms with van der Waals surface area (Å²) < 4.78 is 38.2. The fourth-order valence-electron chi connectivity index (χ4n) is 1.50. The second-order valence-corrected chi connectivity index (χ2v) is 3.87. The highest BCUT2D eigenvalue weighted by atomic mass is 19.4. The van der Waals surface area contributed by atoms with Crippen LogP contribution in [-0.2, 0) is 6.18 Å². The number of amides is 1. The SMILES string of the molecule is CNCCN(C)C(=O)c1ccccc1C(F)(F)F. The maximum absolute atomic E-state index is 12.7. The molecule has 0 bridgehead atoms. The highest BCUT2D eigenvalue weighted by molar-refractivity contribution is 5.95. The van der Waals surface area contributed by atoms with E-state index in [4.69, 9.17) is 0 Å². The molecule has 0 unspecified atom stereocenters. The summed E-state index contributed by atoms with van der Waals surface area (Å²) in [6.45, 7) is 0.873.